The number of fused-ring (bicyclic) bond motifs is 1. The monoisotopic (exact) mass is 465 g/mol. The zero-order valence-electron chi connectivity index (χ0n) is 19.7. The molecule has 0 aromatic heterocycles. The van der Waals surface area contributed by atoms with E-state index in [1.807, 2.05) is 0 Å². The molecule has 4 amide bonds. The molecule has 2 atom stereocenters. The van der Waals surface area contributed by atoms with Gasteiger partial charge in [0.1, 0.15) is 11.9 Å². The number of urea groups is 1. The number of rotatable bonds is 4. The summed E-state index contributed by atoms with van der Waals surface area (Å²) in [6.45, 7) is 7.21. The van der Waals surface area contributed by atoms with Gasteiger partial charge in [0.15, 0.2) is 5.78 Å². The molecule has 0 spiro atoms. The molecule has 0 bridgehead atoms. The minimum absolute atomic E-state index is 0.0888. The fraction of sp³-hybridized carbons (Fsp3) is 0.385. The number of hydrogen-bond donors (Lipinski definition) is 0. The fourth-order valence-corrected chi connectivity index (χ4v) is 4.67. The molecule has 7 nitrogen and oxygen atoms in total. The lowest BCUT2D eigenvalue weighted by Gasteiger charge is -2.44. The first-order valence-corrected chi connectivity index (χ1v) is 11.3. The van der Waals surface area contributed by atoms with Gasteiger partial charge in [0, 0.05) is 24.1 Å². The van der Waals surface area contributed by atoms with Crippen LogP contribution in [0.3, 0.4) is 0 Å². The summed E-state index contributed by atoms with van der Waals surface area (Å²) >= 11 is 0. The molecule has 0 radical (unpaired) electrons. The van der Waals surface area contributed by atoms with E-state index in [1.165, 1.54) is 30.0 Å². The molecule has 4 rings (SSSR count). The highest BCUT2D eigenvalue weighted by Crippen LogP contribution is 2.36. The van der Waals surface area contributed by atoms with Crippen LogP contribution in [-0.2, 0) is 16.1 Å². The third-order valence-corrected chi connectivity index (χ3v) is 6.33. The van der Waals surface area contributed by atoms with Crippen LogP contribution in [0.4, 0.5) is 14.9 Å². The maximum atomic E-state index is 13.9. The number of benzene rings is 2. The maximum Gasteiger partial charge on any atom is 0.332 e. The first-order chi connectivity index (χ1) is 16.0. The number of carbonyl (C=O) groups is 4. The number of ketones is 1. The molecule has 2 unspecified atom stereocenters. The Bertz CT molecular complexity index is 1170. The number of halogens is 1. The van der Waals surface area contributed by atoms with Crippen molar-refractivity contribution in [1.29, 1.82) is 0 Å². The van der Waals surface area contributed by atoms with Gasteiger partial charge < -0.3 is 9.80 Å². The van der Waals surface area contributed by atoms with Crippen LogP contribution in [0.25, 0.3) is 0 Å². The van der Waals surface area contributed by atoms with Gasteiger partial charge in [0.25, 0.3) is 5.91 Å². The van der Waals surface area contributed by atoms with Crippen molar-refractivity contribution in [3.63, 3.8) is 0 Å². The molecule has 2 aromatic carbocycles. The summed E-state index contributed by atoms with van der Waals surface area (Å²) in [5, 5.41) is 0. The quantitative estimate of drug-likeness (QED) is 0.639. The molecule has 2 heterocycles. The van der Waals surface area contributed by atoms with Crippen molar-refractivity contribution in [2.24, 2.45) is 5.41 Å². The summed E-state index contributed by atoms with van der Waals surface area (Å²) in [6.07, 6.45) is 0.445. The normalized spacial score (nSPS) is 20.6. The molecular formula is C26H28FN3O4. The van der Waals surface area contributed by atoms with Gasteiger partial charge >= 0.3 is 6.03 Å². The van der Waals surface area contributed by atoms with E-state index in [9.17, 15) is 23.6 Å². The van der Waals surface area contributed by atoms with Crippen LogP contribution in [0.2, 0.25) is 0 Å². The molecule has 0 saturated carbocycles. The molecule has 8 heteroatoms. The van der Waals surface area contributed by atoms with E-state index in [0.717, 1.165) is 4.90 Å². The Kier molecular flexibility index (Phi) is 6.02. The van der Waals surface area contributed by atoms with Crippen molar-refractivity contribution < 1.29 is 23.6 Å². The third kappa shape index (κ3) is 4.20. The van der Waals surface area contributed by atoms with E-state index in [-0.39, 0.29) is 23.9 Å². The molecule has 0 aliphatic carbocycles. The topological polar surface area (TPSA) is 78.0 Å². The highest BCUT2D eigenvalue weighted by Gasteiger charge is 2.54. The van der Waals surface area contributed by atoms with Crippen LogP contribution < -0.4 is 4.90 Å². The lowest BCUT2D eigenvalue weighted by atomic mass is 9.93. The van der Waals surface area contributed by atoms with Gasteiger partial charge in [-0.2, -0.15) is 0 Å². The number of Topliss-reactive ketones (excluding diaryl/α,β-unsaturated/α-hetero) is 1. The van der Waals surface area contributed by atoms with Gasteiger partial charge in [0.2, 0.25) is 5.91 Å². The number of amides is 4. The molecule has 0 N–H and O–H groups in total. The predicted octanol–water partition coefficient (Wildman–Crippen LogP) is 4.01. The summed E-state index contributed by atoms with van der Waals surface area (Å²) in [6, 6.07) is 10.3. The summed E-state index contributed by atoms with van der Waals surface area (Å²) < 4.78 is 13.9. The van der Waals surface area contributed by atoms with Gasteiger partial charge in [-0.3, -0.25) is 14.4 Å². The van der Waals surface area contributed by atoms with Gasteiger partial charge in [0.05, 0.1) is 11.7 Å². The first-order valence-electron chi connectivity index (χ1n) is 11.3. The highest BCUT2D eigenvalue weighted by atomic mass is 19.1. The van der Waals surface area contributed by atoms with E-state index in [1.54, 1.807) is 56.0 Å². The van der Waals surface area contributed by atoms with E-state index in [0.29, 0.717) is 24.1 Å². The summed E-state index contributed by atoms with van der Waals surface area (Å²) in [4.78, 5) is 56.7. The molecule has 2 aliphatic heterocycles. The molecule has 2 saturated heterocycles. The second-order valence-electron chi connectivity index (χ2n) is 9.87. The van der Waals surface area contributed by atoms with Crippen molar-refractivity contribution in [3.05, 3.63) is 65.5 Å². The SMILES string of the molecule is CC(=O)c1cccc(N2C(=O)C3C(CCN3C(=O)C(C)(C)C)N(Cc3cccc(F)c3)C2=O)c1. The lowest BCUT2D eigenvalue weighted by Crippen LogP contribution is -2.66. The Hall–Kier alpha value is -3.55. The van der Waals surface area contributed by atoms with Crippen molar-refractivity contribution in [2.45, 2.75) is 52.7 Å². The fourth-order valence-electron chi connectivity index (χ4n) is 4.67. The van der Waals surface area contributed by atoms with Crippen LogP contribution in [0.15, 0.2) is 48.5 Å². The number of likely N-dealkylation sites (tertiary alicyclic amines) is 1. The largest absolute Gasteiger partial charge is 0.332 e. The van der Waals surface area contributed by atoms with Crippen molar-refractivity contribution in [2.75, 3.05) is 11.4 Å². The molecule has 178 valence electrons. The number of hydrogen-bond acceptors (Lipinski definition) is 4. The highest BCUT2D eigenvalue weighted by molar-refractivity contribution is 6.19. The van der Waals surface area contributed by atoms with Crippen LogP contribution in [0.5, 0.6) is 0 Å². The van der Waals surface area contributed by atoms with Crippen LogP contribution in [-0.4, -0.2) is 52.1 Å². The summed E-state index contributed by atoms with van der Waals surface area (Å²) in [7, 11) is 0. The number of nitrogens with zero attached hydrogens (tertiary/aromatic N) is 3. The van der Waals surface area contributed by atoms with Crippen LogP contribution in [0.1, 0.15) is 50.0 Å². The van der Waals surface area contributed by atoms with Crippen LogP contribution in [0, 0.1) is 11.2 Å². The second kappa shape index (κ2) is 8.66. The van der Waals surface area contributed by atoms with Gasteiger partial charge in [-0.15, -0.1) is 0 Å². The van der Waals surface area contributed by atoms with Gasteiger partial charge in [-0.25, -0.2) is 14.1 Å². The van der Waals surface area contributed by atoms with E-state index < -0.39 is 35.3 Å². The van der Waals surface area contributed by atoms with Crippen LogP contribution >= 0.6 is 0 Å². The zero-order chi connectivity index (χ0) is 24.8. The minimum atomic E-state index is -0.862. The summed E-state index contributed by atoms with van der Waals surface area (Å²) in [5.74, 6) is -1.29. The smallest absolute Gasteiger partial charge is 0.328 e. The van der Waals surface area contributed by atoms with Crippen molar-refractivity contribution >= 4 is 29.3 Å². The standard InChI is InChI=1S/C26H28FN3O4/c1-16(31)18-8-6-10-20(14-18)30-23(32)22-21(11-12-28(22)24(33)26(2,3)4)29(25(30)34)15-17-7-5-9-19(27)13-17/h5-10,13-14,21-22H,11-12,15H2,1-4H3. The molecule has 34 heavy (non-hydrogen) atoms. The van der Waals surface area contributed by atoms with Crippen molar-refractivity contribution in [1.82, 2.24) is 9.80 Å². The number of imide groups is 1. The average Bonchev–Trinajstić information content (AvgIpc) is 3.21. The van der Waals surface area contributed by atoms with E-state index in [4.69, 9.17) is 0 Å². The van der Waals surface area contributed by atoms with Gasteiger partial charge in [-0.1, -0.05) is 45.0 Å². The Labute approximate surface area is 198 Å². The lowest BCUT2D eigenvalue weighted by molar-refractivity contribution is -0.145. The first kappa shape index (κ1) is 23.6. The zero-order valence-corrected chi connectivity index (χ0v) is 19.7. The molecule has 2 aromatic rings. The van der Waals surface area contributed by atoms with Gasteiger partial charge in [-0.05, 0) is 43.2 Å². The summed E-state index contributed by atoms with van der Waals surface area (Å²) in [5.41, 5.74) is 0.509. The second-order valence-corrected chi connectivity index (χ2v) is 9.87. The Balaban J connectivity index is 1.79. The van der Waals surface area contributed by atoms with E-state index in [2.05, 4.69) is 0 Å². The molecule has 2 aliphatic rings. The average molecular weight is 466 g/mol. The maximum absolute atomic E-state index is 13.9. The molecule has 2 fully saturated rings. The number of carbonyl (C=O) groups excluding carboxylic acids is 4. The third-order valence-electron chi connectivity index (χ3n) is 6.33. The number of anilines is 1. The van der Waals surface area contributed by atoms with E-state index >= 15 is 0 Å². The minimum Gasteiger partial charge on any atom is -0.328 e. The predicted molar refractivity (Wildman–Crippen MR) is 125 cm³/mol. The Morgan fingerprint density at radius 2 is 1.76 bits per heavy atom. The molecular weight excluding hydrogens is 437 g/mol. The Morgan fingerprint density at radius 1 is 1.06 bits per heavy atom. The van der Waals surface area contributed by atoms with Crippen molar-refractivity contribution in [3.8, 4) is 0 Å². The Morgan fingerprint density at radius 3 is 2.41 bits per heavy atom.